The van der Waals surface area contributed by atoms with E-state index in [2.05, 4.69) is 16.9 Å². The first-order valence-corrected chi connectivity index (χ1v) is 9.50. The first-order valence-electron chi connectivity index (χ1n) is 9.50. The first-order chi connectivity index (χ1) is 13.8. The molecule has 2 aromatic heterocycles. The summed E-state index contributed by atoms with van der Waals surface area (Å²) in [4.78, 5) is 8.59. The predicted molar refractivity (Wildman–Crippen MR) is 111 cm³/mol. The van der Waals surface area contributed by atoms with Crippen molar-refractivity contribution in [3.8, 4) is 17.0 Å². The van der Waals surface area contributed by atoms with Gasteiger partial charge in [-0.05, 0) is 24.1 Å². The fourth-order valence-electron chi connectivity index (χ4n) is 3.17. The molecule has 0 unspecified atom stereocenters. The Balaban J connectivity index is 1.68. The third-order valence-electron chi connectivity index (χ3n) is 4.64. The molecule has 0 spiro atoms. The van der Waals surface area contributed by atoms with E-state index in [9.17, 15) is 0 Å². The van der Waals surface area contributed by atoms with Crippen LogP contribution in [0.1, 0.15) is 25.3 Å². The van der Waals surface area contributed by atoms with Gasteiger partial charge in [0, 0.05) is 12.1 Å². The van der Waals surface area contributed by atoms with Crippen LogP contribution in [0.3, 0.4) is 0 Å². The molecule has 6 heteroatoms. The molecule has 0 fully saturated rings. The van der Waals surface area contributed by atoms with Crippen LogP contribution in [0.5, 0.6) is 5.75 Å². The van der Waals surface area contributed by atoms with Gasteiger partial charge in [-0.2, -0.15) is 5.10 Å². The highest BCUT2D eigenvalue weighted by atomic mass is 16.5. The van der Waals surface area contributed by atoms with Crippen molar-refractivity contribution in [2.24, 2.45) is 0 Å². The van der Waals surface area contributed by atoms with Crippen LogP contribution < -0.4 is 10.5 Å². The highest BCUT2D eigenvalue weighted by molar-refractivity contribution is 5.98. The van der Waals surface area contributed by atoms with E-state index in [1.165, 1.54) is 6.33 Å². The molecule has 4 rings (SSSR count). The van der Waals surface area contributed by atoms with E-state index in [0.29, 0.717) is 12.4 Å². The molecule has 4 aromatic rings. The molecule has 2 N–H and O–H groups in total. The zero-order valence-corrected chi connectivity index (χ0v) is 15.9. The molecule has 0 radical (unpaired) electrons. The molecule has 0 aliphatic heterocycles. The maximum atomic E-state index is 6.17. The molecule has 0 saturated heterocycles. The molecule has 2 aromatic carbocycles. The van der Waals surface area contributed by atoms with Crippen molar-refractivity contribution in [3.63, 3.8) is 0 Å². The summed E-state index contributed by atoms with van der Waals surface area (Å²) in [5.41, 5.74) is 9.79. The fourth-order valence-corrected chi connectivity index (χ4v) is 3.17. The second-order valence-corrected chi connectivity index (χ2v) is 6.68. The molecule has 0 aliphatic carbocycles. The number of hydrogen-bond acceptors (Lipinski definition) is 5. The Labute approximate surface area is 164 Å². The van der Waals surface area contributed by atoms with E-state index in [4.69, 9.17) is 15.6 Å². The summed E-state index contributed by atoms with van der Waals surface area (Å²) in [5, 5.41) is 5.59. The summed E-state index contributed by atoms with van der Waals surface area (Å²) < 4.78 is 7.89. The topological polar surface area (TPSA) is 78.9 Å². The lowest BCUT2D eigenvalue weighted by molar-refractivity contribution is 0.306. The van der Waals surface area contributed by atoms with Crippen LogP contribution in [0, 0.1) is 0 Å². The van der Waals surface area contributed by atoms with E-state index < -0.39 is 0 Å². The van der Waals surface area contributed by atoms with Crippen molar-refractivity contribution >= 4 is 16.9 Å². The number of anilines is 1. The maximum absolute atomic E-state index is 6.17. The summed E-state index contributed by atoms with van der Waals surface area (Å²) in [6, 6.07) is 18.0. The van der Waals surface area contributed by atoms with Gasteiger partial charge in [0.1, 0.15) is 30.2 Å². The molecule has 0 saturated carbocycles. The van der Waals surface area contributed by atoms with E-state index in [1.54, 1.807) is 0 Å². The zero-order valence-electron chi connectivity index (χ0n) is 15.9. The second kappa shape index (κ2) is 8.08. The van der Waals surface area contributed by atoms with Crippen LogP contribution in [0.15, 0.2) is 60.9 Å². The highest BCUT2D eigenvalue weighted by Crippen LogP contribution is 2.32. The monoisotopic (exact) mass is 373 g/mol. The van der Waals surface area contributed by atoms with Gasteiger partial charge in [0.25, 0.3) is 0 Å². The Hall–Kier alpha value is -3.41. The van der Waals surface area contributed by atoms with Crippen LogP contribution in [0.4, 0.5) is 5.82 Å². The Morgan fingerprint density at radius 2 is 1.89 bits per heavy atom. The average Bonchev–Trinajstić information content (AvgIpc) is 3.12. The molecule has 142 valence electrons. The van der Waals surface area contributed by atoms with Crippen LogP contribution in [0.2, 0.25) is 0 Å². The highest BCUT2D eigenvalue weighted by Gasteiger charge is 2.17. The van der Waals surface area contributed by atoms with Gasteiger partial charge in [-0.25, -0.2) is 14.6 Å². The van der Waals surface area contributed by atoms with Crippen molar-refractivity contribution < 1.29 is 4.74 Å². The van der Waals surface area contributed by atoms with Crippen molar-refractivity contribution in [1.82, 2.24) is 19.7 Å². The number of ether oxygens (including phenoxy) is 1. The van der Waals surface area contributed by atoms with Gasteiger partial charge >= 0.3 is 0 Å². The van der Waals surface area contributed by atoms with Gasteiger partial charge in [0.15, 0.2) is 5.65 Å². The number of nitrogens with zero attached hydrogens (tertiary/aromatic N) is 4. The summed E-state index contributed by atoms with van der Waals surface area (Å²) >= 11 is 0. The lowest BCUT2D eigenvalue weighted by atomic mass is 10.1. The van der Waals surface area contributed by atoms with Gasteiger partial charge in [0.2, 0.25) is 0 Å². The van der Waals surface area contributed by atoms with E-state index >= 15 is 0 Å². The number of nitrogen functional groups attached to an aromatic ring is 1. The molecule has 0 amide bonds. The van der Waals surface area contributed by atoms with Gasteiger partial charge in [-0.1, -0.05) is 55.8 Å². The zero-order chi connectivity index (χ0) is 19.3. The smallest absolute Gasteiger partial charge is 0.163 e. The number of rotatable bonds is 7. The second-order valence-electron chi connectivity index (χ2n) is 6.68. The van der Waals surface area contributed by atoms with Gasteiger partial charge < -0.3 is 10.5 Å². The van der Waals surface area contributed by atoms with Gasteiger partial charge in [-0.15, -0.1) is 0 Å². The van der Waals surface area contributed by atoms with Gasteiger partial charge in [0.05, 0.1) is 5.39 Å². The quantitative estimate of drug-likeness (QED) is 0.517. The normalized spacial score (nSPS) is 11.0. The Bertz CT molecular complexity index is 1070. The van der Waals surface area contributed by atoms with Crippen LogP contribution >= 0.6 is 0 Å². The molecule has 6 nitrogen and oxygen atoms in total. The summed E-state index contributed by atoms with van der Waals surface area (Å²) in [6.07, 6.45) is 3.60. The Kier molecular flexibility index (Phi) is 5.19. The standard InChI is InChI=1S/C22H23N5O/c1-2-3-12-27-22-19(21(23)24-15-25-22)20(26-27)17-10-7-11-18(13-17)28-14-16-8-5-4-6-9-16/h4-11,13,15H,2-3,12,14H2,1H3,(H2,23,24,25). The minimum Gasteiger partial charge on any atom is -0.489 e. The van der Waals surface area contributed by atoms with Crippen molar-refractivity contribution in [2.45, 2.75) is 32.9 Å². The molecule has 0 atom stereocenters. The third kappa shape index (κ3) is 3.67. The lowest BCUT2D eigenvalue weighted by Crippen LogP contribution is -2.01. The van der Waals surface area contributed by atoms with Crippen molar-refractivity contribution in [2.75, 3.05) is 5.73 Å². The number of hydrogen-bond donors (Lipinski definition) is 1. The third-order valence-corrected chi connectivity index (χ3v) is 4.64. The molecule has 2 heterocycles. The number of fused-ring (bicyclic) bond motifs is 1. The van der Waals surface area contributed by atoms with E-state index in [0.717, 1.165) is 53.0 Å². The molecule has 0 aliphatic rings. The minimum atomic E-state index is 0.443. The average molecular weight is 373 g/mol. The number of unbranched alkanes of at least 4 members (excludes halogenated alkanes) is 1. The van der Waals surface area contributed by atoms with Gasteiger partial charge in [-0.3, -0.25) is 0 Å². The van der Waals surface area contributed by atoms with E-state index in [1.807, 2.05) is 59.3 Å². The van der Waals surface area contributed by atoms with Crippen LogP contribution in [-0.4, -0.2) is 19.7 Å². The fraction of sp³-hybridized carbons (Fsp3) is 0.227. The summed E-state index contributed by atoms with van der Waals surface area (Å²) in [7, 11) is 0. The van der Waals surface area contributed by atoms with Crippen molar-refractivity contribution in [3.05, 3.63) is 66.5 Å². The SMILES string of the molecule is CCCCn1nc(-c2cccc(OCc3ccccc3)c2)c2c(N)ncnc21. The van der Waals surface area contributed by atoms with Crippen LogP contribution in [0.25, 0.3) is 22.3 Å². The number of nitrogens with two attached hydrogens (primary N) is 1. The maximum Gasteiger partial charge on any atom is 0.163 e. The number of benzene rings is 2. The number of aryl methyl sites for hydroxylation is 1. The Morgan fingerprint density at radius 3 is 2.71 bits per heavy atom. The predicted octanol–water partition coefficient (Wildman–Crippen LogP) is 4.45. The largest absolute Gasteiger partial charge is 0.489 e. The van der Waals surface area contributed by atoms with Crippen molar-refractivity contribution in [1.29, 1.82) is 0 Å². The van der Waals surface area contributed by atoms with E-state index in [-0.39, 0.29) is 0 Å². The molecule has 0 bridgehead atoms. The summed E-state index contributed by atoms with van der Waals surface area (Å²) in [5.74, 6) is 1.23. The molecular weight excluding hydrogens is 350 g/mol. The summed E-state index contributed by atoms with van der Waals surface area (Å²) in [6.45, 7) is 3.47. The molecular formula is C22H23N5O. The molecule has 28 heavy (non-hydrogen) atoms. The Morgan fingerprint density at radius 1 is 1.04 bits per heavy atom. The minimum absolute atomic E-state index is 0.443. The lowest BCUT2D eigenvalue weighted by Gasteiger charge is -2.08. The first kappa shape index (κ1) is 18.0. The number of aromatic nitrogens is 4. The van der Waals surface area contributed by atoms with Crippen LogP contribution in [-0.2, 0) is 13.2 Å².